The molecule has 4 rings (SSSR count). The Kier molecular flexibility index (Phi) is 6.31. The first-order valence-electron chi connectivity index (χ1n) is 11.2. The summed E-state index contributed by atoms with van der Waals surface area (Å²) in [6.07, 6.45) is 2.84. The van der Waals surface area contributed by atoms with Crippen LogP contribution in [-0.4, -0.2) is 56.5 Å². The van der Waals surface area contributed by atoms with Gasteiger partial charge in [0.05, 0.1) is 18.1 Å². The number of hydrogen-bond acceptors (Lipinski definition) is 6. The van der Waals surface area contributed by atoms with Crippen LogP contribution in [0.4, 0.5) is 21.7 Å². The van der Waals surface area contributed by atoms with Crippen molar-refractivity contribution in [3.05, 3.63) is 47.8 Å². The Bertz CT molecular complexity index is 1170. The van der Waals surface area contributed by atoms with Crippen LogP contribution in [0.5, 0.6) is 0 Å². The third-order valence-electron chi connectivity index (χ3n) is 6.00. The number of rotatable bonds is 5. The maximum absolute atomic E-state index is 14.6. The molecule has 0 unspecified atom stereocenters. The molecule has 33 heavy (non-hydrogen) atoms. The predicted octanol–water partition coefficient (Wildman–Crippen LogP) is 4.09. The maximum Gasteiger partial charge on any atom is 0.227 e. The second kappa shape index (κ2) is 9.17. The third-order valence-corrected chi connectivity index (χ3v) is 6.00. The fourth-order valence-electron chi connectivity index (χ4n) is 4.37. The molecule has 1 amide bonds. The first-order chi connectivity index (χ1) is 15.7. The summed E-state index contributed by atoms with van der Waals surface area (Å²) >= 11 is 0. The van der Waals surface area contributed by atoms with Crippen LogP contribution in [0.15, 0.2) is 30.6 Å². The molecule has 8 nitrogen and oxygen atoms in total. The van der Waals surface area contributed by atoms with Crippen molar-refractivity contribution in [2.24, 2.45) is 0 Å². The number of carbonyl (C=O) groups is 1. The number of benzene rings is 1. The van der Waals surface area contributed by atoms with E-state index < -0.39 is 5.82 Å². The van der Waals surface area contributed by atoms with E-state index in [2.05, 4.69) is 38.2 Å². The van der Waals surface area contributed by atoms with Gasteiger partial charge in [0.15, 0.2) is 5.82 Å². The van der Waals surface area contributed by atoms with Gasteiger partial charge in [0.2, 0.25) is 11.9 Å². The second-order valence-electron chi connectivity index (χ2n) is 8.66. The average Bonchev–Trinajstić information content (AvgIpc) is 3.17. The van der Waals surface area contributed by atoms with Gasteiger partial charge in [-0.15, -0.1) is 0 Å². The lowest BCUT2D eigenvalue weighted by atomic mass is 10.1. The number of halogens is 1. The number of aryl methyl sites for hydroxylation is 2. The number of amides is 1. The minimum Gasteiger partial charge on any atom is -0.368 e. The fourth-order valence-corrected chi connectivity index (χ4v) is 4.37. The van der Waals surface area contributed by atoms with Gasteiger partial charge in [0.25, 0.3) is 0 Å². The van der Waals surface area contributed by atoms with Crippen LogP contribution in [0.3, 0.4) is 0 Å². The number of piperazine rings is 1. The minimum atomic E-state index is -0.487. The molecule has 2 aromatic heterocycles. The van der Waals surface area contributed by atoms with Crippen molar-refractivity contribution >= 4 is 23.2 Å². The van der Waals surface area contributed by atoms with E-state index >= 15 is 0 Å². The fraction of sp³-hybridized carbons (Fsp3) is 0.417. The molecule has 0 spiro atoms. The summed E-state index contributed by atoms with van der Waals surface area (Å²) in [5.74, 6) is 0.764. The van der Waals surface area contributed by atoms with Crippen molar-refractivity contribution in [2.75, 3.05) is 36.4 Å². The summed E-state index contributed by atoms with van der Waals surface area (Å²) in [5, 5.41) is 3.20. The Hall–Kier alpha value is -3.49. The summed E-state index contributed by atoms with van der Waals surface area (Å²) in [6.45, 7) is 12.7. The number of nitrogens with zero attached hydrogens (tertiary/aromatic N) is 6. The summed E-state index contributed by atoms with van der Waals surface area (Å²) in [5.41, 5.74) is 3.91. The quantitative estimate of drug-likeness (QED) is 0.630. The van der Waals surface area contributed by atoms with E-state index in [1.807, 2.05) is 42.4 Å². The van der Waals surface area contributed by atoms with Crippen molar-refractivity contribution in [1.82, 2.24) is 24.4 Å². The lowest BCUT2D eigenvalue weighted by Crippen LogP contribution is -2.48. The molecule has 0 aliphatic carbocycles. The molecule has 1 N–H and O–H groups in total. The van der Waals surface area contributed by atoms with Crippen molar-refractivity contribution in [1.29, 1.82) is 0 Å². The van der Waals surface area contributed by atoms with E-state index in [0.717, 1.165) is 48.9 Å². The van der Waals surface area contributed by atoms with Gasteiger partial charge in [-0.05, 0) is 51.5 Å². The van der Waals surface area contributed by atoms with Gasteiger partial charge < -0.3 is 19.7 Å². The maximum atomic E-state index is 14.6. The molecule has 174 valence electrons. The Labute approximate surface area is 193 Å². The smallest absolute Gasteiger partial charge is 0.227 e. The number of anilines is 3. The third kappa shape index (κ3) is 4.67. The largest absolute Gasteiger partial charge is 0.368 e. The normalized spacial score (nSPS) is 14.2. The van der Waals surface area contributed by atoms with Crippen LogP contribution < -0.4 is 10.2 Å². The number of carbonyl (C=O) groups excluding carboxylic acids is 1. The van der Waals surface area contributed by atoms with Crippen molar-refractivity contribution in [3.63, 3.8) is 0 Å². The molecule has 3 heterocycles. The zero-order valence-electron chi connectivity index (χ0n) is 19.8. The molecule has 1 aliphatic heterocycles. The molecule has 0 radical (unpaired) electrons. The summed E-state index contributed by atoms with van der Waals surface area (Å²) < 4.78 is 16.6. The molecule has 3 aromatic rings. The molecule has 9 heteroatoms. The van der Waals surface area contributed by atoms with Crippen molar-refractivity contribution in [2.45, 2.75) is 40.7 Å². The van der Waals surface area contributed by atoms with Gasteiger partial charge in [0.1, 0.15) is 11.5 Å². The molecule has 0 bridgehead atoms. The van der Waals surface area contributed by atoms with Crippen LogP contribution in [0.2, 0.25) is 0 Å². The first-order valence-corrected chi connectivity index (χ1v) is 11.2. The number of aromatic nitrogens is 4. The summed E-state index contributed by atoms with van der Waals surface area (Å²) in [4.78, 5) is 28.7. The summed E-state index contributed by atoms with van der Waals surface area (Å²) in [7, 11) is 0. The van der Waals surface area contributed by atoms with Crippen LogP contribution in [0.1, 0.15) is 38.2 Å². The summed E-state index contributed by atoms with van der Waals surface area (Å²) in [6, 6.07) is 6.18. The zero-order valence-corrected chi connectivity index (χ0v) is 19.8. The van der Waals surface area contributed by atoms with E-state index in [-0.39, 0.29) is 17.6 Å². The minimum absolute atomic E-state index is 0.121. The van der Waals surface area contributed by atoms with Gasteiger partial charge >= 0.3 is 0 Å². The molecule has 1 aromatic carbocycles. The molecule has 0 saturated carbocycles. The van der Waals surface area contributed by atoms with Crippen LogP contribution in [0, 0.1) is 19.7 Å². The molecule has 1 saturated heterocycles. The number of nitrogens with one attached hydrogen (secondary N) is 1. The Morgan fingerprint density at radius 2 is 1.82 bits per heavy atom. The molecular formula is C24H30FN7O. The molecule has 1 aliphatic rings. The van der Waals surface area contributed by atoms with E-state index in [1.165, 1.54) is 6.20 Å². The lowest BCUT2D eigenvalue weighted by molar-refractivity contribution is -0.129. The lowest BCUT2D eigenvalue weighted by Gasteiger charge is -2.36. The standard InChI is InChI=1S/C24H30FN7O/c1-15(2)32-17(4)26-14-22(32)23-20(25)13-27-24(29-23)28-19-6-7-21(16(3)12-19)31-10-8-30(9-11-31)18(5)33/h6-7,12-15H,8-11H2,1-5H3,(H,27,28,29). The Morgan fingerprint density at radius 3 is 2.45 bits per heavy atom. The van der Waals surface area contributed by atoms with E-state index in [9.17, 15) is 9.18 Å². The van der Waals surface area contributed by atoms with Crippen LogP contribution in [-0.2, 0) is 4.79 Å². The van der Waals surface area contributed by atoms with E-state index in [0.29, 0.717) is 11.6 Å². The highest BCUT2D eigenvalue weighted by molar-refractivity contribution is 5.73. The topological polar surface area (TPSA) is 79.2 Å². The van der Waals surface area contributed by atoms with Crippen LogP contribution in [0.25, 0.3) is 11.4 Å². The van der Waals surface area contributed by atoms with Gasteiger partial charge in [-0.25, -0.2) is 19.3 Å². The highest BCUT2D eigenvalue weighted by Gasteiger charge is 2.21. The molecular weight excluding hydrogens is 421 g/mol. The first kappa shape index (κ1) is 22.7. The number of hydrogen-bond donors (Lipinski definition) is 1. The Balaban J connectivity index is 1.54. The van der Waals surface area contributed by atoms with Crippen molar-refractivity contribution < 1.29 is 9.18 Å². The van der Waals surface area contributed by atoms with Crippen molar-refractivity contribution in [3.8, 4) is 11.4 Å². The van der Waals surface area contributed by atoms with Gasteiger partial charge in [-0.2, -0.15) is 0 Å². The van der Waals surface area contributed by atoms with Gasteiger partial charge in [-0.1, -0.05) is 0 Å². The SMILES string of the molecule is CC(=O)N1CCN(c2ccc(Nc3ncc(F)c(-c4cnc(C)n4C(C)C)n3)cc2C)CC1. The molecule has 0 atom stereocenters. The second-order valence-corrected chi connectivity index (χ2v) is 8.66. The van der Waals surface area contributed by atoms with E-state index in [4.69, 9.17) is 0 Å². The molecule has 1 fully saturated rings. The monoisotopic (exact) mass is 451 g/mol. The highest BCUT2D eigenvalue weighted by Crippen LogP contribution is 2.28. The van der Waals surface area contributed by atoms with Gasteiger partial charge in [-0.3, -0.25) is 4.79 Å². The Morgan fingerprint density at radius 1 is 1.09 bits per heavy atom. The predicted molar refractivity (Wildman–Crippen MR) is 127 cm³/mol. The average molecular weight is 452 g/mol. The zero-order chi connectivity index (χ0) is 23.7. The number of imidazole rings is 1. The highest BCUT2D eigenvalue weighted by atomic mass is 19.1. The van der Waals surface area contributed by atoms with Gasteiger partial charge in [0, 0.05) is 50.5 Å². The van der Waals surface area contributed by atoms with E-state index in [1.54, 1.807) is 13.1 Å². The van der Waals surface area contributed by atoms with Crippen LogP contribution >= 0.6 is 0 Å².